The van der Waals surface area contributed by atoms with Crippen molar-refractivity contribution in [2.75, 3.05) is 6.54 Å². The zero-order valence-electron chi connectivity index (χ0n) is 9.24. The number of hydrogen-bond acceptors (Lipinski definition) is 2. The van der Waals surface area contributed by atoms with Crippen molar-refractivity contribution in [3.63, 3.8) is 0 Å². The van der Waals surface area contributed by atoms with Crippen LogP contribution in [0, 0.1) is 11.8 Å². The number of rotatable bonds is 2. The summed E-state index contributed by atoms with van der Waals surface area (Å²) in [5.41, 5.74) is 0.869. The van der Waals surface area contributed by atoms with Crippen molar-refractivity contribution < 1.29 is 4.79 Å². The number of carbonyl (C=O) groups excluding carboxylic acids is 1. The molecule has 0 aliphatic carbocycles. The largest absolute Gasteiger partial charge is 0.345 e. The number of aromatic nitrogens is 2. The number of amides is 1. The van der Waals surface area contributed by atoms with Gasteiger partial charge in [0.25, 0.3) is 0 Å². The molecule has 80 valence electrons. The first kappa shape index (κ1) is 11.3. The van der Waals surface area contributed by atoms with E-state index in [1.54, 1.807) is 6.20 Å². The van der Waals surface area contributed by atoms with Gasteiger partial charge in [0, 0.05) is 19.2 Å². The van der Waals surface area contributed by atoms with Gasteiger partial charge >= 0.3 is 0 Å². The maximum Gasteiger partial charge on any atom is 0.217 e. The molecule has 0 fully saturated rings. The topological polar surface area (TPSA) is 46.9 Å². The fraction of sp³-hybridized carbons (Fsp3) is 0.455. The van der Waals surface area contributed by atoms with E-state index in [1.165, 1.54) is 6.92 Å². The highest BCUT2D eigenvalue weighted by molar-refractivity contribution is 5.73. The zero-order chi connectivity index (χ0) is 11.3. The van der Waals surface area contributed by atoms with E-state index in [0.717, 1.165) is 5.56 Å². The average molecular weight is 205 g/mol. The number of nitrogens with zero attached hydrogens (tertiary/aromatic N) is 2. The van der Waals surface area contributed by atoms with Crippen molar-refractivity contribution in [1.29, 1.82) is 0 Å². The van der Waals surface area contributed by atoms with Gasteiger partial charge in [-0.05, 0) is 13.8 Å². The van der Waals surface area contributed by atoms with Gasteiger partial charge in [0.1, 0.15) is 0 Å². The van der Waals surface area contributed by atoms with E-state index in [-0.39, 0.29) is 5.91 Å². The fourth-order valence-electron chi connectivity index (χ4n) is 1.000. The average Bonchev–Trinajstić information content (AvgIpc) is 2.60. The molecule has 1 aromatic heterocycles. The molecule has 0 radical (unpaired) electrons. The van der Waals surface area contributed by atoms with Crippen LogP contribution in [0.25, 0.3) is 0 Å². The summed E-state index contributed by atoms with van der Waals surface area (Å²) >= 11 is 0. The van der Waals surface area contributed by atoms with Gasteiger partial charge in [0.2, 0.25) is 5.91 Å². The standard InChI is InChI=1S/C11H15N3O/c1-9(2)14-8-11(7-13-14)5-4-6-12-10(3)15/h7-9H,6H2,1-3H3,(H,12,15). The second-order valence-corrected chi connectivity index (χ2v) is 3.51. The van der Waals surface area contributed by atoms with Gasteiger partial charge in [-0.3, -0.25) is 9.48 Å². The number of nitrogens with one attached hydrogen (secondary N) is 1. The summed E-state index contributed by atoms with van der Waals surface area (Å²) in [5.74, 6) is 5.71. The Morgan fingerprint density at radius 2 is 2.40 bits per heavy atom. The van der Waals surface area contributed by atoms with Crippen LogP contribution in [0.3, 0.4) is 0 Å². The summed E-state index contributed by atoms with van der Waals surface area (Å²) in [6.45, 7) is 5.96. The SMILES string of the molecule is CC(=O)NCC#Cc1cnn(C(C)C)c1. The molecule has 4 heteroatoms. The highest BCUT2D eigenvalue weighted by atomic mass is 16.1. The smallest absolute Gasteiger partial charge is 0.217 e. The van der Waals surface area contributed by atoms with Gasteiger partial charge in [-0.15, -0.1) is 0 Å². The molecule has 0 aliphatic heterocycles. The lowest BCUT2D eigenvalue weighted by molar-refractivity contribution is -0.118. The maximum atomic E-state index is 10.6. The van der Waals surface area contributed by atoms with Crippen LogP contribution in [0.4, 0.5) is 0 Å². The molecule has 1 rings (SSSR count). The second kappa shape index (κ2) is 5.20. The predicted molar refractivity (Wildman–Crippen MR) is 58.2 cm³/mol. The molecule has 0 atom stereocenters. The highest BCUT2D eigenvalue weighted by Gasteiger charge is 1.98. The van der Waals surface area contributed by atoms with Crippen molar-refractivity contribution >= 4 is 5.91 Å². The Morgan fingerprint density at radius 3 is 2.93 bits per heavy atom. The van der Waals surface area contributed by atoms with Crippen LogP contribution < -0.4 is 5.32 Å². The zero-order valence-corrected chi connectivity index (χ0v) is 9.24. The molecular formula is C11H15N3O. The Bertz CT molecular complexity index is 395. The van der Waals surface area contributed by atoms with Crippen molar-refractivity contribution in [3.8, 4) is 11.8 Å². The second-order valence-electron chi connectivity index (χ2n) is 3.51. The van der Waals surface area contributed by atoms with Gasteiger partial charge in [0.15, 0.2) is 0 Å². The normalized spacial score (nSPS) is 9.60. The van der Waals surface area contributed by atoms with Gasteiger partial charge < -0.3 is 5.32 Å². The first-order valence-corrected chi connectivity index (χ1v) is 4.87. The van der Waals surface area contributed by atoms with Crippen LogP contribution in [0.2, 0.25) is 0 Å². The van der Waals surface area contributed by atoms with E-state index in [1.807, 2.05) is 10.9 Å². The molecule has 0 unspecified atom stereocenters. The van der Waals surface area contributed by atoms with Gasteiger partial charge in [0.05, 0.1) is 18.3 Å². The van der Waals surface area contributed by atoms with Crippen molar-refractivity contribution in [2.24, 2.45) is 0 Å². The van der Waals surface area contributed by atoms with Crippen LogP contribution in [-0.2, 0) is 4.79 Å². The van der Waals surface area contributed by atoms with E-state index >= 15 is 0 Å². The molecule has 15 heavy (non-hydrogen) atoms. The van der Waals surface area contributed by atoms with Gasteiger partial charge in [-0.25, -0.2) is 0 Å². The highest BCUT2D eigenvalue weighted by Crippen LogP contribution is 2.03. The third kappa shape index (κ3) is 3.86. The summed E-state index contributed by atoms with van der Waals surface area (Å²) in [7, 11) is 0. The molecule has 1 amide bonds. The Labute approximate surface area is 89.7 Å². The lowest BCUT2D eigenvalue weighted by Crippen LogP contribution is -2.19. The molecule has 1 N–H and O–H groups in total. The van der Waals surface area contributed by atoms with Crippen LogP contribution in [0.15, 0.2) is 12.4 Å². The van der Waals surface area contributed by atoms with Crippen molar-refractivity contribution in [2.45, 2.75) is 26.8 Å². The van der Waals surface area contributed by atoms with Crippen molar-refractivity contribution in [1.82, 2.24) is 15.1 Å². The molecule has 0 saturated carbocycles. The van der Waals surface area contributed by atoms with Crippen LogP contribution in [0.1, 0.15) is 32.4 Å². The first-order chi connectivity index (χ1) is 7.09. The molecule has 1 heterocycles. The fourth-order valence-corrected chi connectivity index (χ4v) is 1.000. The van der Waals surface area contributed by atoms with E-state index in [4.69, 9.17) is 0 Å². The van der Waals surface area contributed by atoms with E-state index in [9.17, 15) is 4.79 Å². The quantitative estimate of drug-likeness (QED) is 0.731. The molecule has 0 saturated heterocycles. The summed E-state index contributed by atoms with van der Waals surface area (Å²) in [4.78, 5) is 10.6. The third-order valence-electron chi connectivity index (χ3n) is 1.79. The monoisotopic (exact) mass is 205 g/mol. The third-order valence-corrected chi connectivity index (χ3v) is 1.79. The van der Waals surface area contributed by atoms with E-state index < -0.39 is 0 Å². The summed E-state index contributed by atoms with van der Waals surface area (Å²) < 4.78 is 1.85. The molecule has 4 nitrogen and oxygen atoms in total. The molecule has 0 aromatic carbocycles. The summed E-state index contributed by atoms with van der Waals surface area (Å²) in [6, 6.07) is 0.343. The maximum absolute atomic E-state index is 10.6. The first-order valence-electron chi connectivity index (χ1n) is 4.87. The van der Waals surface area contributed by atoms with E-state index in [0.29, 0.717) is 12.6 Å². The predicted octanol–water partition coefficient (Wildman–Crippen LogP) is 0.952. The molecule has 0 aliphatic rings. The van der Waals surface area contributed by atoms with E-state index in [2.05, 4.69) is 36.1 Å². The minimum absolute atomic E-state index is 0.0674. The molecular weight excluding hydrogens is 190 g/mol. The lowest BCUT2D eigenvalue weighted by Gasteiger charge is -2.02. The minimum Gasteiger partial charge on any atom is -0.345 e. The van der Waals surface area contributed by atoms with Crippen LogP contribution in [-0.4, -0.2) is 22.2 Å². The van der Waals surface area contributed by atoms with Gasteiger partial charge in [-0.1, -0.05) is 11.8 Å². The van der Waals surface area contributed by atoms with Crippen LogP contribution in [0.5, 0.6) is 0 Å². The summed E-state index contributed by atoms with van der Waals surface area (Å²) in [6.07, 6.45) is 3.62. The molecule has 0 bridgehead atoms. The van der Waals surface area contributed by atoms with Crippen LogP contribution >= 0.6 is 0 Å². The Balaban J connectivity index is 2.53. The Morgan fingerprint density at radius 1 is 1.67 bits per heavy atom. The molecule has 1 aromatic rings. The molecule has 0 spiro atoms. The number of carbonyl (C=O) groups is 1. The Kier molecular flexibility index (Phi) is 3.92. The van der Waals surface area contributed by atoms with Gasteiger partial charge in [-0.2, -0.15) is 5.10 Å². The minimum atomic E-state index is -0.0674. The summed E-state index contributed by atoms with van der Waals surface area (Å²) in [5, 5.41) is 6.76. The Hall–Kier alpha value is -1.76. The lowest BCUT2D eigenvalue weighted by atomic mass is 10.3. The van der Waals surface area contributed by atoms with Crippen molar-refractivity contribution in [3.05, 3.63) is 18.0 Å². The number of hydrogen-bond donors (Lipinski definition) is 1.